The monoisotopic (exact) mass is 150 g/mol. The van der Waals surface area contributed by atoms with E-state index in [0.29, 0.717) is 5.57 Å². The van der Waals surface area contributed by atoms with Gasteiger partial charge in [-0.15, -0.1) is 0 Å². The average molecular weight is 150 g/mol. The zero-order chi connectivity index (χ0) is 8.36. The molecule has 0 spiro atoms. The molecule has 0 aromatic heterocycles. The predicted octanol–water partition coefficient (Wildman–Crippen LogP) is 3.07. The molecule has 0 nitrogen and oxygen atoms in total. The van der Waals surface area contributed by atoms with Crippen molar-refractivity contribution in [2.45, 2.75) is 20.0 Å². The maximum atomic E-state index is 11.7. The van der Waals surface area contributed by atoms with Crippen molar-refractivity contribution < 1.29 is 13.2 Å². The largest absolute Gasteiger partial charge is 0.415 e. The van der Waals surface area contributed by atoms with Crippen LogP contribution >= 0.6 is 0 Å². The molecule has 0 aliphatic carbocycles. The molecule has 0 bridgehead atoms. The lowest BCUT2D eigenvalue weighted by atomic mass is 10.2. The van der Waals surface area contributed by atoms with E-state index < -0.39 is 11.7 Å². The summed E-state index contributed by atoms with van der Waals surface area (Å²) in [6.07, 6.45) is -3.27. The number of allylic oxidation sites excluding steroid dienone is 3. The van der Waals surface area contributed by atoms with Crippen molar-refractivity contribution >= 4 is 0 Å². The van der Waals surface area contributed by atoms with E-state index in [-0.39, 0.29) is 0 Å². The number of hydrogen-bond acceptors (Lipinski definition) is 0. The highest BCUT2D eigenvalue weighted by atomic mass is 19.4. The van der Waals surface area contributed by atoms with Crippen molar-refractivity contribution in [3.05, 3.63) is 23.8 Å². The van der Waals surface area contributed by atoms with E-state index in [1.54, 1.807) is 13.8 Å². The van der Waals surface area contributed by atoms with Gasteiger partial charge in [0.25, 0.3) is 0 Å². The molecule has 0 aromatic carbocycles. The molecule has 0 heterocycles. The number of rotatable bonds is 1. The molecule has 58 valence electrons. The van der Waals surface area contributed by atoms with Crippen LogP contribution in [0.1, 0.15) is 13.8 Å². The molecule has 0 fully saturated rings. The van der Waals surface area contributed by atoms with Crippen LogP contribution in [0.3, 0.4) is 0 Å². The van der Waals surface area contributed by atoms with E-state index in [9.17, 15) is 13.2 Å². The number of alkyl halides is 3. The molecule has 0 saturated carbocycles. The molecule has 0 atom stereocenters. The van der Waals surface area contributed by atoms with Gasteiger partial charge < -0.3 is 0 Å². The van der Waals surface area contributed by atoms with Gasteiger partial charge in [-0.05, 0) is 13.8 Å². The van der Waals surface area contributed by atoms with Crippen molar-refractivity contribution in [3.8, 4) is 0 Å². The van der Waals surface area contributed by atoms with Crippen LogP contribution in [0.4, 0.5) is 13.2 Å². The zero-order valence-electron chi connectivity index (χ0n) is 5.92. The molecule has 0 N–H and O–H groups in total. The first kappa shape index (κ1) is 9.27. The van der Waals surface area contributed by atoms with Crippen molar-refractivity contribution in [2.75, 3.05) is 0 Å². The second kappa shape index (κ2) is 2.90. The summed E-state index contributed by atoms with van der Waals surface area (Å²) in [4.78, 5) is 0. The van der Waals surface area contributed by atoms with Gasteiger partial charge in [0.05, 0.1) is 0 Å². The van der Waals surface area contributed by atoms with Crippen molar-refractivity contribution in [1.29, 1.82) is 0 Å². The zero-order valence-corrected chi connectivity index (χ0v) is 5.92. The first-order valence-electron chi connectivity index (χ1n) is 2.75. The SMILES string of the molecule is C=C(C=C(C)C)C(F)(F)F. The van der Waals surface area contributed by atoms with Crippen LogP contribution in [-0.2, 0) is 0 Å². The van der Waals surface area contributed by atoms with Crippen LogP contribution in [-0.4, -0.2) is 6.18 Å². The lowest BCUT2D eigenvalue weighted by Crippen LogP contribution is -2.08. The van der Waals surface area contributed by atoms with Gasteiger partial charge in [0.2, 0.25) is 0 Å². The van der Waals surface area contributed by atoms with Gasteiger partial charge in [0.15, 0.2) is 0 Å². The average Bonchev–Trinajstić information content (AvgIpc) is 1.60. The van der Waals surface area contributed by atoms with E-state index in [4.69, 9.17) is 0 Å². The van der Waals surface area contributed by atoms with Gasteiger partial charge in [0.1, 0.15) is 0 Å². The Balaban J connectivity index is 4.27. The molecule has 0 aliphatic heterocycles. The van der Waals surface area contributed by atoms with Crippen LogP contribution in [0.2, 0.25) is 0 Å². The van der Waals surface area contributed by atoms with Crippen LogP contribution in [0, 0.1) is 0 Å². The van der Waals surface area contributed by atoms with Gasteiger partial charge in [0, 0.05) is 5.57 Å². The third-order valence-corrected chi connectivity index (χ3v) is 0.827. The minimum Gasteiger partial charge on any atom is -0.166 e. The molecule has 0 saturated heterocycles. The minimum absolute atomic E-state index is 0.599. The van der Waals surface area contributed by atoms with Crippen LogP contribution < -0.4 is 0 Å². The highest BCUT2D eigenvalue weighted by molar-refractivity contribution is 5.22. The third-order valence-electron chi connectivity index (χ3n) is 0.827. The van der Waals surface area contributed by atoms with E-state index in [0.717, 1.165) is 6.08 Å². The molecule has 0 aromatic rings. The summed E-state index contributed by atoms with van der Waals surface area (Å²) in [6.45, 7) is 6.05. The second-order valence-corrected chi connectivity index (χ2v) is 2.24. The molecule has 10 heavy (non-hydrogen) atoms. The lowest BCUT2D eigenvalue weighted by molar-refractivity contribution is -0.0878. The summed E-state index contributed by atoms with van der Waals surface area (Å²) in [5, 5.41) is 0. The molecule has 3 heteroatoms. The third kappa shape index (κ3) is 3.33. The standard InChI is InChI=1S/C7H9F3/c1-5(2)4-6(3)7(8,9)10/h4H,3H2,1-2H3. The fourth-order valence-electron chi connectivity index (χ4n) is 0.430. The summed E-state index contributed by atoms with van der Waals surface area (Å²) in [5.41, 5.74) is -0.199. The number of halogens is 3. The molecule has 0 rings (SSSR count). The van der Waals surface area contributed by atoms with E-state index >= 15 is 0 Å². The first-order chi connectivity index (χ1) is 4.34. The van der Waals surface area contributed by atoms with E-state index in [1.807, 2.05) is 0 Å². The Hall–Kier alpha value is -0.730. The van der Waals surface area contributed by atoms with Gasteiger partial charge in [-0.1, -0.05) is 18.2 Å². The van der Waals surface area contributed by atoms with Crippen LogP contribution in [0.25, 0.3) is 0 Å². The summed E-state index contributed by atoms with van der Waals surface area (Å²) in [7, 11) is 0. The van der Waals surface area contributed by atoms with Gasteiger partial charge in [-0.25, -0.2) is 0 Å². The fourth-order valence-corrected chi connectivity index (χ4v) is 0.430. The van der Waals surface area contributed by atoms with Crippen molar-refractivity contribution in [2.24, 2.45) is 0 Å². The lowest BCUT2D eigenvalue weighted by Gasteiger charge is -2.04. The molecular weight excluding hydrogens is 141 g/mol. The molecule has 0 amide bonds. The van der Waals surface area contributed by atoms with Gasteiger partial charge >= 0.3 is 6.18 Å². The molecule has 0 unspecified atom stereocenters. The highest BCUT2D eigenvalue weighted by Crippen LogP contribution is 2.25. The number of hydrogen-bond donors (Lipinski definition) is 0. The second-order valence-electron chi connectivity index (χ2n) is 2.24. The van der Waals surface area contributed by atoms with Crippen molar-refractivity contribution in [1.82, 2.24) is 0 Å². The quantitative estimate of drug-likeness (QED) is 0.504. The topological polar surface area (TPSA) is 0 Å². The Kier molecular flexibility index (Phi) is 2.69. The maximum Gasteiger partial charge on any atom is 0.415 e. The highest BCUT2D eigenvalue weighted by Gasteiger charge is 2.29. The molecular formula is C7H9F3. The smallest absolute Gasteiger partial charge is 0.166 e. The summed E-state index contributed by atoms with van der Waals surface area (Å²) in [6, 6.07) is 0. The van der Waals surface area contributed by atoms with Crippen molar-refractivity contribution in [3.63, 3.8) is 0 Å². The van der Waals surface area contributed by atoms with E-state index in [2.05, 4.69) is 6.58 Å². The van der Waals surface area contributed by atoms with Gasteiger partial charge in [-0.2, -0.15) is 13.2 Å². The Labute approximate surface area is 58.0 Å². The molecule has 0 aliphatic rings. The predicted molar refractivity (Wildman–Crippen MR) is 34.6 cm³/mol. The molecule has 0 radical (unpaired) electrons. The fraction of sp³-hybridized carbons (Fsp3) is 0.429. The summed E-state index contributed by atoms with van der Waals surface area (Å²) >= 11 is 0. The Morgan fingerprint density at radius 2 is 1.70 bits per heavy atom. The Bertz CT molecular complexity index is 158. The Morgan fingerprint density at radius 3 is 1.80 bits per heavy atom. The van der Waals surface area contributed by atoms with E-state index in [1.165, 1.54) is 0 Å². The minimum atomic E-state index is -4.28. The summed E-state index contributed by atoms with van der Waals surface area (Å²) < 4.78 is 35.0. The first-order valence-corrected chi connectivity index (χ1v) is 2.75. The maximum absolute atomic E-state index is 11.7. The van der Waals surface area contributed by atoms with Gasteiger partial charge in [-0.3, -0.25) is 0 Å². The van der Waals surface area contributed by atoms with Crippen LogP contribution in [0.15, 0.2) is 23.8 Å². The normalized spacial score (nSPS) is 10.9. The van der Waals surface area contributed by atoms with Crippen LogP contribution in [0.5, 0.6) is 0 Å². The Morgan fingerprint density at radius 1 is 1.30 bits per heavy atom. The summed E-state index contributed by atoms with van der Waals surface area (Å²) in [5.74, 6) is 0.